The molecule has 1 saturated carbocycles. The normalized spacial score (nSPS) is 14.4. The number of aromatic nitrogens is 1. The molecule has 1 aliphatic rings. The summed E-state index contributed by atoms with van der Waals surface area (Å²) in [7, 11) is 0. The fourth-order valence-corrected chi connectivity index (χ4v) is 3.41. The zero-order valence-electron chi connectivity index (χ0n) is 14.1. The molecule has 5 heteroatoms. The van der Waals surface area contributed by atoms with Crippen LogP contribution in [0.5, 0.6) is 0 Å². The van der Waals surface area contributed by atoms with Gasteiger partial charge in [0.1, 0.15) is 5.69 Å². The Bertz CT molecular complexity index is 740. The van der Waals surface area contributed by atoms with Crippen molar-refractivity contribution in [1.82, 2.24) is 9.88 Å². The first-order valence-electron chi connectivity index (χ1n) is 8.69. The van der Waals surface area contributed by atoms with Crippen molar-refractivity contribution in [1.29, 1.82) is 0 Å². The van der Waals surface area contributed by atoms with Gasteiger partial charge in [0, 0.05) is 24.3 Å². The van der Waals surface area contributed by atoms with Crippen LogP contribution < -0.4 is 0 Å². The standard InChI is InChI=1S/C20H22N2O3/c23-19(16-10-12-21-18(14-16)20(24)25)22(17-8-4-5-9-17)13-11-15-6-2-1-3-7-15/h1-3,6-7,10,12,14,17H,4-5,8-9,11,13H2,(H,24,25). The Hall–Kier alpha value is -2.69. The van der Waals surface area contributed by atoms with Crippen molar-refractivity contribution in [3.05, 3.63) is 65.5 Å². The van der Waals surface area contributed by atoms with Gasteiger partial charge < -0.3 is 10.0 Å². The third-order valence-electron chi connectivity index (χ3n) is 4.74. The van der Waals surface area contributed by atoms with Crippen molar-refractivity contribution in [3.63, 3.8) is 0 Å². The third-order valence-corrected chi connectivity index (χ3v) is 4.74. The molecule has 1 amide bonds. The van der Waals surface area contributed by atoms with Crippen LogP contribution in [0.2, 0.25) is 0 Å². The highest BCUT2D eigenvalue weighted by atomic mass is 16.4. The number of hydrogen-bond acceptors (Lipinski definition) is 3. The molecule has 3 rings (SSSR count). The van der Waals surface area contributed by atoms with E-state index in [1.807, 2.05) is 23.1 Å². The number of amides is 1. The largest absolute Gasteiger partial charge is 0.477 e. The van der Waals surface area contributed by atoms with Crippen molar-refractivity contribution < 1.29 is 14.7 Å². The lowest BCUT2D eigenvalue weighted by molar-refractivity contribution is 0.0683. The van der Waals surface area contributed by atoms with Crippen molar-refractivity contribution in [3.8, 4) is 0 Å². The monoisotopic (exact) mass is 338 g/mol. The summed E-state index contributed by atoms with van der Waals surface area (Å²) in [5.41, 5.74) is 1.49. The lowest BCUT2D eigenvalue weighted by atomic mass is 10.1. The number of nitrogens with zero attached hydrogens (tertiary/aromatic N) is 2. The predicted molar refractivity (Wildman–Crippen MR) is 94.6 cm³/mol. The summed E-state index contributed by atoms with van der Waals surface area (Å²) in [5.74, 6) is -1.22. The van der Waals surface area contributed by atoms with E-state index in [9.17, 15) is 9.59 Å². The number of carboxylic acid groups (broad SMARTS) is 1. The molecule has 1 fully saturated rings. The quantitative estimate of drug-likeness (QED) is 0.876. The number of benzene rings is 1. The van der Waals surface area contributed by atoms with Gasteiger partial charge in [-0.3, -0.25) is 4.79 Å². The Morgan fingerprint density at radius 3 is 2.52 bits per heavy atom. The van der Waals surface area contributed by atoms with Gasteiger partial charge in [-0.25, -0.2) is 9.78 Å². The van der Waals surface area contributed by atoms with E-state index in [1.165, 1.54) is 17.8 Å². The number of pyridine rings is 1. The fourth-order valence-electron chi connectivity index (χ4n) is 3.41. The zero-order valence-corrected chi connectivity index (χ0v) is 14.1. The summed E-state index contributed by atoms with van der Waals surface area (Å²) in [4.78, 5) is 29.9. The molecule has 0 atom stereocenters. The van der Waals surface area contributed by atoms with E-state index in [0.717, 1.165) is 32.1 Å². The van der Waals surface area contributed by atoms with Crippen LogP contribution in [0.25, 0.3) is 0 Å². The van der Waals surface area contributed by atoms with Gasteiger partial charge in [-0.15, -0.1) is 0 Å². The van der Waals surface area contributed by atoms with Crippen LogP contribution in [0.3, 0.4) is 0 Å². The number of carbonyl (C=O) groups excluding carboxylic acids is 1. The van der Waals surface area contributed by atoms with E-state index in [2.05, 4.69) is 17.1 Å². The van der Waals surface area contributed by atoms with E-state index >= 15 is 0 Å². The molecule has 0 aliphatic heterocycles. The highest BCUT2D eigenvalue weighted by molar-refractivity contribution is 5.96. The second-order valence-corrected chi connectivity index (χ2v) is 6.41. The third kappa shape index (κ3) is 4.24. The van der Waals surface area contributed by atoms with Crippen molar-refractivity contribution in [2.45, 2.75) is 38.1 Å². The molecule has 25 heavy (non-hydrogen) atoms. The Balaban J connectivity index is 1.79. The highest BCUT2D eigenvalue weighted by Gasteiger charge is 2.27. The summed E-state index contributed by atoms with van der Waals surface area (Å²) < 4.78 is 0. The smallest absolute Gasteiger partial charge is 0.354 e. The Morgan fingerprint density at radius 2 is 1.84 bits per heavy atom. The molecule has 1 aromatic carbocycles. The van der Waals surface area contributed by atoms with E-state index in [0.29, 0.717) is 12.1 Å². The molecule has 2 aromatic rings. The van der Waals surface area contributed by atoms with Crippen LogP contribution in [0.4, 0.5) is 0 Å². The first kappa shape index (κ1) is 17.1. The van der Waals surface area contributed by atoms with Crippen LogP contribution in [-0.4, -0.2) is 39.5 Å². The first-order chi connectivity index (χ1) is 12.1. The van der Waals surface area contributed by atoms with E-state index < -0.39 is 5.97 Å². The van der Waals surface area contributed by atoms with Gasteiger partial charge in [-0.05, 0) is 37.0 Å². The fraction of sp³-hybridized carbons (Fsp3) is 0.350. The van der Waals surface area contributed by atoms with Crippen molar-refractivity contribution in [2.24, 2.45) is 0 Å². The zero-order chi connectivity index (χ0) is 17.6. The van der Waals surface area contributed by atoms with E-state index in [4.69, 9.17) is 5.11 Å². The topological polar surface area (TPSA) is 70.5 Å². The number of carboxylic acids is 1. The van der Waals surface area contributed by atoms with Crippen molar-refractivity contribution >= 4 is 11.9 Å². The number of carbonyl (C=O) groups is 2. The van der Waals surface area contributed by atoms with Gasteiger partial charge in [-0.1, -0.05) is 43.2 Å². The number of hydrogen-bond donors (Lipinski definition) is 1. The molecule has 0 unspecified atom stereocenters. The number of rotatable bonds is 6. The maximum atomic E-state index is 13.0. The summed E-state index contributed by atoms with van der Waals surface area (Å²) in [6, 6.07) is 13.3. The molecule has 1 heterocycles. The highest BCUT2D eigenvalue weighted by Crippen LogP contribution is 2.25. The van der Waals surface area contributed by atoms with E-state index in [-0.39, 0.29) is 17.6 Å². The van der Waals surface area contributed by atoms with Gasteiger partial charge in [-0.2, -0.15) is 0 Å². The molecule has 0 saturated heterocycles. The minimum atomic E-state index is -1.12. The predicted octanol–water partition coefficient (Wildman–Crippen LogP) is 3.41. The summed E-state index contributed by atoms with van der Waals surface area (Å²) in [5, 5.41) is 9.11. The summed E-state index contributed by atoms with van der Waals surface area (Å²) in [6.45, 7) is 0.637. The minimum Gasteiger partial charge on any atom is -0.477 e. The van der Waals surface area contributed by atoms with Crippen LogP contribution in [0.15, 0.2) is 48.7 Å². The number of aromatic carboxylic acids is 1. The van der Waals surface area contributed by atoms with Gasteiger partial charge in [0.2, 0.25) is 0 Å². The molecule has 1 N–H and O–H groups in total. The maximum absolute atomic E-state index is 13.0. The second-order valence-electron chi connectivity index (χ2n) is 6.41. The van der Waals surface area contributed by atoms with Gasteiger partial charge in [0.25, 0.3) is 5.91 Å². The average molecular weight is 338 g/mol. The molecule has 0 bridgehead atoms. The van der Waals surface area contributed by atoms with Gasteiger partial charge >= 0.3 is 5.97 Å². The average Bonchev–Trinajstić information content (AvgIpc) is 3.17. The molecular formula is C20H22N2O3. The molecular weight excluding hydrogens is 316 g/mol. The molecule has 1 aromatic heterocycles. The van der Waals surface area contributed by atoms with Crippen LogP contribution >= 0.6 is 0 Å². The summed E-state index contributed by atoms with van der Waals surface area (Å²) in [6.07, 6.45) is 6.47. The van der Waals surface area contributed by atoms with Crippen LogP contribution in [0.1, 0.15) is 52.1 Å². The first-order valence-corrected chi connectivity index (χ1v) is 8.69. The van der Waals surface area contributed by atoms with Gasteiger partial charge in [0.15, 0.2) is 0 Å². The summed E-state index contributed by atoms with van der Waals surface area (Å²) >= 11 is 0. The van der Waals surface area contributed by atoms with Crippen molar-refractivity contribution in [2.75, 3.05) is 6.54 Å². The Labute approximate surface area is 147 Å². The second kappa shape index (κ2) is 7.92. The van der Waals surface area contributed by atoms with Crippen LogP contribution in [0, 0.1) is 0 Å². The molecule has 1 aliphatic carbocycles. The molecule has 0 radical (unpaired) electrons. The molecule has 5 nitrogen and oxygen atoms in total. The minimum absolute atomic E-state index is 0.0970. The van der Waals surface area contributed by atoms with Gasteiger partial charge in [0.05, 0.1) is 0 Å². The lowest BCUT2D eigenvalue weighted by Gasteiger charge is -2.29. The maximum Gasteiger partial charge on any atom is 0.354 e. The Kier molecular flexibility index (Phi) is 5.43. The Morgan fingerprint density at radius 1 is 1.12 bits per heavy atom. The lowest BCUT2D eigenvalue weighted by Crippen LogP contribution is -2.40. The van der Waals surface area contributed by atoms with E-state index in [1.54, 1.807) is 6.07 Å². The molecule has 130 valence electrons. The SMILES string of the molecule is O=C(O)c1cc(C(=O)N(CCc2ccccc2)C2CCCC2)ccn1. The molecule has 0 spiro atoms. The van der Waals surface area contributed by atoms with Crippen LogP contribution in [-0.2, 0) is 6.42 Å².